The number of rotatable bonds is 5. The number of hydrogen-bond acceptors (Lipinski definition) is 5. The smallest absolute Gasteiger partial charge is 0.337 e. The Hall–Kier alpha value is -2.90. The van der Waals surface area contributed by atoms with Gasteiger partial charge in [0.05, 0.1) is 28.4 Å². The fourth-order valence-electron chi connectivity index (χ4n) is 1.74. The van der Waals surface area contributed by atoms with E-state index in [2.05, 4.69) is 10.4 Å². The van der Waals surface area contributed by atoms with Crippen LogP contribution in [0.3, 0.4) is 0 Å². The number of benzene rings is 1. The van der Waals surface area contributed by atoms with E-state index in [1.807, 2.05) is 0 Å². The molecular weight excluding hydrogens is 264 g/mol. The van der Waals surface area contributed by atoms with Gasteiger partial charge in [0.2, 0.25) is 0 Å². The fourth-order valence-corrected chi connectivity index (χ4v) is 1.74. The lowest BCUT2D eigenvalue weighted by Gasteiger charge is -2.09. The van der Waals surface area contributed by atoms with Crippen LogP contribution in [0.2, 0.25) is 0 Å². The van der Waals surface area contributed by atoms with E-state index in [4.69, 9.17) is 5.11 Å². The highest BCUT2D eigenvalue weighted by Gasteiger charge is 2.15. The molecule has 0 fully saturated rings. The molecule has 0 radical (unpaired) electrons. The summed E-state index contributed by atoms with van der Waals surface area (Å²) in [6, 6.07) is 5.36. The molecule has 2 aromatic rings. The minimum absolute atomic E-state index is 0.0160. The Morgan fingerprint density at radius 1 is 1.50 bits per heavy atom. The van der Waals surface area contributed by atoms with Crippen molar-refractivity contribution in [2.75, 3.05) is 5.32 Å². The van der Waals surface area contributed by atoms with Crippen LogP contribution in [0.25, 0.3) is 0 Å². The minimum Gasteiger partial charge on any atom is -0.478 e. The van der Waals surface area contributed by atoms with Crippen molar-refractivity contribution in [3.8, 4) is 0 Å². The number of nitrogens with one attached hydrogen (secondary N) is 1. The zero-order valence-electron chi connectivity index (χ0n) is 10.6. The summed E-state index contributed by atoms with van der Waals surface area (Å²) in [4.78, 5) is 21.3. The van der Waals surface area contributed by atoms with Crippen LogP contribution < -0.4 is 5.32 Å². The largest absolute Gasteiger partial charge is 0.478 e. The third-order valence-corrected chi connectivity index (χ3v) is 2.83. The minimum atomic E-state index is -1.15. The molecule has 0 aliphatic rings. The van der Waals surface area contributed by atoms with Gasteiger partial charge in [-0.3, -0.25) is 14.8 Å². The van der Waals surface area contributed by atoms with Gasteiger partial charge in [0, 0.05) is 25.4 Å². The summed E-state index contributed by atoms with van der Waals surface area (Å²) in [6.07, 6.45) is 1.61. The Morgan fingerprint density at radius 3 is 2.80 bits per heavy atom. The van der Waals surface area contributed by atoms with Gasteiger partial charge in [-0.05, 0) is 12.1 Å². The average molecular weight is 276 g/mol. The number of anilines is 1. The first-order valence-corrected chi connectivity index (χ1v) is 5.71. The number of nitro benzene ring substituents is 1. The van der Waals surface area contributed by atoms with Crippen LogP contribution in [-0.4, -0.2) is 25.8 Å². The van der Waals surface area contributed by atoms with Gasteiger partial charge in [0.1, 0.15) is 0 Å². The van der Waals surface area contributed by atoms with E-state index in [0.29, 0.717) is 6.54 Å². The highest BCUT2D eigenvalue weighted by atomic mass is 16.6. The molecule has 8 heteroatoms. The number of aromatic carboxylic acids is 1. The van der Waals surface area contributed by atoms with Crippen LogP contribution >= 0.6 is 0 Å². The summed E-state index contributed by atoms with van der Waals surface area (Å²) >= 11 is 0. The number of aryl methyl sites for hydroxylation is 1. The molecule has 0 saturated heterocycles. The molecule has 104 valence electrons. The Balaban J connectivity index is 2.28. The third-order valence-electron chi connectivity index (χ3n) is 2.83. The van der Waals surface area contributed by atoms with E-state index in [9.17, 15) is 14.9 Å². The van der Waals surface area contributed by atoms with E-state index < -0.39 is 10.9 Å². The van der Waals surface area contributed by atoms with Crippen molar-refractivity contribution in [3.05, 3.63) is 51.8 Å². The Morgan fingerprint density at radius 2 is 2.25 bits per heavy atom. The van der Waals surface area contributed by atoms with E-state index in [-0.39, 0.29) is 16.9 Å². The fraction of sp³-hybridized carbons (Fsp3) is 0.167. The number of hydrogen-bond donors (Lipinski definition) is 2. The molecule has 20 heavy (non-hydrogen) atoms. The molecular formula is C12H12N4O4. The number of carbonyl (C=O) groups is 1. The second-order valence-electron chi connectivity index (χ2n) is 4.09. The van der Waals surface area contributed by atoms with Gasteiger partial charge < -0.3 is 10.4 Å². The average Bonchev–Trinajstić information content (AvgIpc) is 2.81. The highest BCUT2D eigenvalue weighted by Crippen LogP contribution is 2.23. The van der Waals surface area contributed by atoms with Gasteiger partial charge >= 0.3 is 5.97 Å². The maximum absolute atomic E-state index is 11.1. The van der Waals surface area contributed by atoms with Gasteiger partial charge in [-0.1, -0.05) is 0 Å². The normalized spacial score (nSPS) is 10.2. The molecule has 1 aromatic heterocycles. The van der Waals surface area contributed by atoms with Gasteiger partial charge in [-0.25, -0.2) is 4.79 Å². The number of aromatic nitrogens is 2. The molecule has 2 N–H and O–H groups in total. The Labute approximate surface area is 113 Å². The summed E-state index contributed by atoms with van der Waals surface area (Å²) in [6.45, 7) is 0.317. The highest BCUT2D eigenvalue weighted by molar-refractivity contribution is 5.94. The lowest BCUT2D eigenvalue weighted by molar-refractivity contribution is -0.384. The van der Waals surface area contributed by atoms with E-state index in [1.165, 1.54) is 18.2 Å². The predicted molar refractivity (Wildman–Crippen MR) is 70.6 cm³/mol. The van der Waals surface area contributed by atoms with Crippen LogP contribution in [0.4, 0.5) is 11.4 Å². The van der Waals surface area contributed by atoms with Crippen molar-refractivity contribution >= 4 is 17.3 Å². The van der Waals surface area contributed by atoms with Crippen molar-refractivity contribution in [2.45, 2.75) is 6.54 Å². The maximum Gasteiger partial charge on any atom is 0.337 e. The molecule has 0 aliphatic carbocycles. The summed E-state index contributed by atoms with van der Waals surface area (Å²) < 4.78 is 1.63. The summed E-state index contributed by atoms with van der Waals surface area (Å²) in [5.41, 5.74) is 0.848. The molecule has 0 saturated carbocycles. The first-order chi connectivity index (χ1) is 9.49. The van der Waals surface area contributed by atoms with Crippen LogP contribution in [0.1, 0.15) is 16.1 Å². The zero-order chi connectivity index (χ0) is 14.7. The van der Waals surface area contributed by atoms with Crippen molar-refractivity contribution in [1.29, 1.82) is 0 Å². The first kappa shape index (κ1) is 13.5. The monoisotopic (exact) mass is 276 g/mol. The van der Waals surface area contributed by atoms with Crippen LogP contribution in [0, 0.1) is 10.1 Å². The van der Waals surface area contributed by atoms with E-state index in [0.717, 1.165) is 5.69 Å². The van der Waals surface area contributed by atoms with Crippen LogP contribution in [0.5, 0.6) is 0 Å². The number of carboxylic acid groups (broad SMARTS) is 1. The molecule has 2 rings (SSSR count). The third kappa shape index (κ3) is 2.74. The van der Waals surface area contributed by atoms with Gasteiger partial charge in [0.15, 0.2) is 0 Å². The van der Waals surface area contributed by atoms with Crippen LogP contribution in [-0.2, 0) is 13.6 Å². The summed E-state index contributed by atoms with van der Waals surface area (Å²) in [7, 11) is 1.75. The zero-order valence-corrected chi connectivity index (χ0v) is 10.6. The molecule has 0 bridgehead atoms. The SMILES string of the molecule is Cn1nccc1CNc1cc([N+](=O)[O-])ccc1C(=O)O. The van der Waals surface area contributed by atoms with Gasteiger partial charge in [-0.15, -0.1) is 0 Å². The van der Waals surface area contributed by atoms with Gasteiger partial charge in [-0.2, -0.15) is 5.10 Å². The topological polar surface area (TPSA) is 110 Å². The van der Waals surface area contributed by atoms with Gasteiger partial charge in [0.25, 0.3) is 5.69 Å². The molecule has 1 aromatic carbocycles. The summed E-state index contributed by atoms with van der Waals surface area (Å²) in [5, 5.41) is 26.7. The lowest BCUT2D eigenvalue weighted by Crippen LogP contribution is -2.09. The standard InChI is InChI=1S/C12H12N4O4/c1-15-9(4-5-14-15)7-13-11-6-8(16(19)20)2-3-10(11)12(17)18/h2-6,13H,7H2,1H3,(H,17,18). The number of nitrogens with zero attached hydrogens (tertiary/aromatic N) is 3. The molecule has 0 spiro atoms. The second kappa shape index (κ2) is 5.39. The number of carboxylic acids is 1. The van der Waals surface area contributed by atoms with Crippen molar-refractivity contribution in [3.63, 3.8) is 0 Å². The second-order valence-corrected chi connectivity index (χ2v) is 4.09. The summed E-state index contributed by atoms with van der Waals surface area (Å²) in [5.74, 6) is -1.15. The van der Waals surface area contributed by atoms with Crippen molar-refractivity contribution in [2.24, 2.45) is 7.05 Å². The lowest BCUT2D eigenvalue weighted by atomic mass is 10.1. The van der Waals surface area contributed by atoms with Crippen molar-refractivity contribution < 1.29 is 14.8 Å². The molecule has 0 aliphatic heterocycles. The molecule has 0 unspecified atom stereocenters. The molecule has 0 amide bonds. The number of nitro groups is 1. The molecule has 1 heterocycles. The Bertz CT molecular complexity index is 665. The predicted octanol–water partition coefficient (Wildman–Crippen LogP) is 1.64. The van der Waals surface area contributed by atoms with Crippen LogP contribution in [0.15, 0.2) is 30.5 Å². The Kier molecular flexibility index (Phi) is 3.65. The van der Waals surface area contributed by atoms with Crippen molar-refractivity contribution in [1.82, 2.24) is 9.78 Å². The van der Waals surface area contributed by atoms with E-state index in [1.54, 1.807) is 24.0 Å². The molecule has 0 atom stereocenters. The molecule has 8 nitrogen and oxygen atoms in total. The quantitative estimate of drug-likeness (QED) is 0.634. The number of non-ortho nitro benzene ring substituents is 1. The first-order valence-electron chi connectivity index (χ1n) is 5.71. The van der Waals surface area contributed by atoms with E-state index >= 15 is 0 Å². The maximum atomic E-state index is 11.1.